The van der Waals surface area contributed by atoms with Crippen LogP contribution in [-0.2, 0) is 14.6 Å². The second-order valence-electron chi connectivity index (χ2n) is 4.95. The van der Waals surface area contributed by atoms with E-state index in [1.165, 1.54) is 0 Å². The Labute approximate surface area is 109 Å². The molecule has 6 heteroatoms. The monoisotopic (exact) mass is 276 g/mol. The van der Waals surface area contributed by atoms with Gasteiger partial charge in [-0.3, -0.25) is 4.79 Å². The minimum atomic E-state index is -3.43. The van der Waals surface area contributed by atoms with Crippen LogP contribution in [0.2, 0.25) is 0 Å². The lowest BCUT2D eigenvalue weighted by Gasteiger charge is -2.25. The number of hydrogen-bond donors (Lipinski definition) is 2. The fourth-order valence-electron chi connectivity index (χ4n) is 2.46. The Morgan fingerprint density at radius 2 is 1.83 bits per heavy atom. The van der Waals surface area contributed by atoms with Crippen LogP contribution in [0.5, 0.6) is 0 Å². The molecule has 0 aliphatic heterocycles. The van der Waals surface area contributed by atoms with Crippen LogP contribution in [0.15, 0.2) is 0 Å². The number of sulfone groups is 1. The largest absolute Gasteiger partial charge is 0.356 e. The van der Waals surface area contributed by atoms with Gasteiger partial charge in [0.1, 0.15) is 5.75 Å². The van der Waals surface area contributed by atoms with Crippen molar-refractivity contribution in [2.24, 2.45) is 5.73 Å². The highest BCUT2D eigenvalue weighted by Gasteiger charge is 2.33. The molecule has 1 fully saturated rings. The molecule has 0 saturated heterocycles. The maximum Gasteiger partial charge on any atom is 0.235 e. The first-order valence-corrected chi connectivity index (χ1v) is 8.42. The van der Waals surface area contributed by atoms with Gasteiger partial charge in [-0.1, -0.05) is 25.7 Å². The highest BCUT2D eigenvalue weighted by molar-refractivity contribution is 7.92. The number of amides is 1. The Morgan fingerprint density at radius 3 is 2.44 bits per heavy atom. The standard InChI is InChI=1S/C12H24N2O3S/c1-2-14-12(15)9-18(16,17)11-8-6-4-3-5-7-10(11)13/h10-11H,2-9,13H2,1H3,(H,14,15). The van der Waals surface area contributed by atoms with E-state index in [2.05, 4.69) is 5.32 Å². The van der Waals surface area contributed by atoms with Crippen molar-refractivity contribution in [3.63, 3.8) is 0 Å². The zero-order chi connectivity index (χ0) is 13.6. The molecule has 0 aromatic heterocycles. The van der Waals surface area contributed by atoms with Crippen molar-refractivity contribution in [3.8, 4) is 0 Å². The Hall–Kier alpha value is -0.620. The molecule has 1 aliphatic carbocycles. The minimum absolute atomic E-state index is 0.329. The number of carbonyl (C=O) groups is 1. The molecular weight excluding hydrogens is 252 g/mol. The second-order valence-corrected chi connectivity index (χ2v) is 7.17. The summed E-state index contributed by atoms with van der Waals surface area (Å²) in [7, 11) is -3.43. The minimum Gasteiger partial charge on any atom is -0.356 e. The van der Waals surface area contributed by atoms with E-state index in [-0.39, 0.29) is 6.04 Å². The van der Waals surface area contributed by atoms with Crippen LogP contribution in [-0.4, -0.2) is 37.9 Å². The molecule has 1 aliphatic rings. The van der Waals surface area contributed by atoms with E-state index in [0.717, 1.165) is 32.1 Å². The van der Waals surface area contributed by atoms with E-state index in [4.69, 9.17) is 5.73 Å². The van der Waals surface area contributed by atoms with E-state index >= 15 is 0 Å². The van der Waals surface area contributed by atoms with Gasteiger partial charge >= 0.3 is 0 Å². The molecule has 2 unspecified atom stereocenters. The third-order valence-corrected chi connectivity index (χ3v) is 5.59. The van der Waals surface area contributed by atoms with E-state index < -0.39 is 26.7 Å². The van der Waals surface area contributed by atoms with Gasteiger partial charge in [-0.05, 0) is 19.8 Å². The highest BCUT2D eigenvalue weighted by Crippen LogP contribution is 2.22. The van der Waals surface area contributed by atoms with E-state index in [9.17, 15) is 13.2 Å². The topological polar surface area (TPSA) is 89.3 Å². The Balaban J connectivity index is 2.70. The van der Waals surface area contributed by atoms with Crippen LogP contribution in [0.25, 0.3) is 0 Å². The molecule has 0 aromatic rings. The molecule has 0 radical (unpaired) electrons. The van der Waals surface area contributed by atoms with Gasteiger partial charge in [-0.15, -0.1) is 0 Å². The highest BCUT2D eigenvalue weighted by atomic mass is 32.2. The first-order chi connectivity index (χ1) is 8.47. The number of nitrogens with two attached hydrogens (primary N) is 1. The summed E-state index contributed by atoms with van der Waals surface area (Å²) in [6.45, 7) is 2.22. The van der Waals surface area contributed by atoms with Crippen molar-refractivity contribution in [2.45, 2.75) is 56.7 Å². The molecule has 1 amide bonds. The van der Waals surface area contributed by atoms with Crippen LogP contribution in [0.1, 0.15) is 45.4 Å². The molecule has 2 atom stereocenters. The molecular formula is C12H24N2O3S. The lowest BCUT2D eigenvalue weighted by Crippen LogP contribution is -2.44. The number of hydrogen-bond acceptors (Lipinski definition) is 4. The first kappa shape index (κ1) is 15.4. The van der Waals surface area contributed by atoms with E-state index in [1.54, 1.807) is 6.92 Å². The fraction of sp³-hybridized carbons (Fsp3) is 0.917. The Kier molecular flexibility index (Phi) is 6.08. The van der Waals surface area contributed by atoms with Gasteiger partial charge in [0.05, 0.1) is 5.25 Å². The first-order valence-electron chi connectivity index (χ1n) is 6.71. The maximum absolute atomic E-state index is 12.2. The normalized spacial score (nSPS) is 26.1. The van der Waals surface area contributed by atoms with Crippen molar-refractivity contribution in [1.29, 1.82) is 0 Å². The van der Waals surface area contributed by atoms with Gasteiger partial charge in [0.15, 0.2) is 9.84 Å². The average Bonchev–Trinajstić information content (AvgIpc) is 2.22. The second kappa shape index (κ2) is 7.09. The lowest BCUT2D eigenvalue weighted by molar-refractivity contribution is -0.118. The van der Waals surface area contributed by atoms with Gasteiger partial charge in [0.2, 0.25) is 5.91 Å². The molecule has 5 nitrogen and oxygen atoms in total. The summed E-state index contributed by atoms with van der Waals surface area (Å²) < 4.78 is 24.4. The molecule has 0 bridgehead atoms. The van der Waals surface area contributed by atoms with Crippen LogP contribution in [0.4, 0.5) is 0 Å². The summed E-state index contributed by atoms with van der Waals surface area (Å²) in [5, 5.41) is 1.97. The molecule has 1 rings (SSSR count). The average molecular weight is 276 g/mol. The van der Waals surface area contributed by atoms with Gasteiger partial charge in [0.25, 0.3) is 0 Å². The third kappa shape index (κ3) is 4.57. The molecule has 0 heterocycles. The molecule has 0 aromatic carbocycles. The SMILES string of the molecule is CCNC(=O)CS(=O)(=O)C1CCCCCCC1N. The lowest BCUT2D eigenvalue weighted by atomic mass is 9.97. The molecule has 3 N–H and O–H groups in total. The van der Waals surface area contributed by atoms with Crippen LogP contribution in [0.3, 0.4) is 0 Å². The third-order valence-electron chi connectivity index (χ3n) is 3.42. The maximum atomic E-state index is 12.2. The molecule has 18 heavy (non-hydrogen) atoms. The van der Waals surface area contributed by atoms with E-state index in [0.29, 0.717) is 13.0 Å². The fourth-order valence-corrected chi connectivity index (χ4v) is 4.34. The van der Waals surface area contributed by atoms with Crippen molar-refractivity contribution in [2.75, 3.05) is 12.3 Å². The summed E-state index contributed by atoms with van der Waals surface area (Å²) in [6, 6.07) is -0.329. The Bertz CT molecular complexity index is 368. The van der Waals surface area contributed by atoms with Gasteiger partial charge in [-0.25, -0.2) is 8.42 Å². The smallest absolute Gasteiger partial charge is 0.235 e. The molecule has 1 saturated carbocycles. The molecule has 0 spiro atoms. The van der Waals surface area contributed by atoms with Crippen molar-refractivity contribution >= 4 is 15.7 Å². The van der Waals surface area contributed by atoms with Crippen molar-refractivity contribution in [3.05, 3.63) is 0 Å². The molecule has 106 valence electrons. The number of carbonyl (C=O) groups excluding carboxylic acids is 1. The van der Waals surface area contributed by atoms with Gasteiger partial charge in [0, 0.05) is 12.6 Å². The van der Waals surface area contributed by atoms with Crippen LogP contribution in [0, 0.1) is 0 Å². The summed E-state index contributed by atoms with van der Waals surface area (Å²) >= 11 is 0. The summed E-state index contributed by atoms with van der Waals surface area (Å²) in [5.74, 6) is -0.856. The van der Waals surface area contributed by atoms with Gasteiger partial charge < -0.3 is 11.1 Å². The van der Waals surface area contributed by atoms with E-state index in [1.807, 2.05) is 0 Å². The van der Waals surface area contributed by atoms with Crippen molar-refractivity contribution < 1.29 is 13.2 Å². The summed E-state index contributed by atoms with van der Waals surface area (Å²) in [4.78, 5) is 11.4. The zero-order valence-corrected chi connectivity index (χ0v) is 11.8. The summed E-state index contributed by atoms with van der Waals surface area (Å²) in [6.07, 6.45) is 5.36. The van der Waals surface area contributed by atoms with Gasteiger partial charge in [-0.2, -0.15) is 0 Å². The number of nitrogens with one attached hydrogen (secondary N) is 1. The predicted octanol–water partition coefficient (Wildman–Crippen LogP) is 0.587. The number of rotatable bonds is 4. The predicted molar refractivity (Wildman–Crippen MR) is 71.9 cm³/mol. The summed E-state index contributed by atoms with van der Waals surface area (Å²) in [5.41, 5.74) is 5.97. The van der Waals surface area contributed by atoms with Crippen LogP contribution >= 0.6 is 0 Å². The Morgan fingerprint density at radius 1 is 1.22 bits per heavy atom. The quantitative estimate of drug-likeness (QED) is 0.786. The zero-order valence-electron chi connectivity index (χ0n) is 11.0. The van der Waals surface area contributed by atoms with Crippen LogP contribution < -0.4 is 11.1 Å². The van der Waals surface area contributed by atoms with Crippen molar-refractivity contribution in [1.82, 2.24) is 5.32 Å².